The second kappa shape index (κ2) is 5.17. The molecule has 0 saturated carbocycles. The van der Waals surface area contributed by atoms with Gasteiger partial charge in [-0.25, -0.2) is 0 Å². The van der Waals surface area contributed by atoms with Gasteiger partial charge in [-0.3, -0.25) is 5.43 Å². The second-order valence-electron chi connectivity index (χ2n) is 4.78. The van der Waals surface area contributed by atoms with E-state index in [0.717, 1.165) is 24.2 Å². The third-order valence-corrected chi connectivity index (χ3v) is 3.37. The SMILES string of the molecule is O=C([O-])c1ccc(NN=C2Cc3ccccc3C2)cc1. The van der Waals surface area contributed by atoms with E-state index in [2.05, 4.69) is 22.7 Å². The molecule has 0 spiro atoms. The smallest absolute Gasteiger partial charge is 0.0715 e. The number of anilines is 1. The zero-order valence-corrected chi connectivity index (χ0v) is 10.8. The van der Waals surface area contributed by atoms with E-state index in [1.807, 2.05) is 12.1 Å². The third kappa shape index (κ3) is 2.54. The molecule has 0 unspecified atom stereocenters. The molecule has 0 saturated heterocycles. The molecule has 100 valence electrons. The summed E-state index contributed by atoms with van der Waals surface area (Å²) >= 11 is 0. The topological polar surface area (TPSA) is 64.5 Å². The molecule has 2 aromatic carbocycles. The molecule has 0 amide bonds. The lowest BCUT2D eigenvalue weighted by atomic mass is 10.1. The summed E-state index contributed by atoms with van der Waals surface area (Å²) in [6.45, 7) is 0. The lowest BCUT2D eigenvalue weighted by Crippen LogP contribution is -2.21. The lowest BCUT2D eigenvalue weighted by Gasteiger charge is -2.05. The van der Waals surface area contributed by atoms with E-state index in [1.54, 1.807) is 12.1 Å². The highest BCUT2D eigenvalue weighted by Crippen LogP contribution is 2.20. The number of nitrogens with one attached hydrogen (secondary N) is 1. The van der Waals surface area contributed by atoms with Crippen molar-refractivity contribution in [1.29, 1.82) is 0 Å². The number of aromatic carboxylic acids is 1. The molecule has 0 fully saturated rings. The minimum Gasteiger partial charge on any atom is -0.545 e. The quantitative estimate of drug-likeness (QED) is 0.858. The van der Waals surface area contributed by atoms with Crippen LogP contribution < -0.4 is 10.5 Å². The van der Waals surface area contributed by atoms with Crippen molar-refractivity contribution in [2.75, 3.05) is 5.43 Å². The maximum absolute atomic E-state index is 10.6. The number of hydrogen-bond donors (Lipinski definition) is 1. The van der Waals surface area contributed by atoms with Gasteiger partial charge in [0.1, 0.15) is 0 Å². The molecule has 0 aromatic heterocycles. The van der Waals surface area contributed by atoms with Crippen LogP contribution in [0.4, 0.5) is 5.69 Å². The lowest BCUT2D eigenvalue weighted by molar-refractivity contribution is -0.255. The Kier molecular flexibility index (Phi) is 3.21. The fraction of sp³-hybridized carbons (Fsp3) is 0.125. The first-order valence-electron chi connectivity index (χ1n) is 6.42. The summed E-state index contributed by atoms with van der Waals surface area (Å²) in [4.78, 5) is 10.6. The van der Waals surface area contributed by atoms with Crippen LogP contribution in [0.2, 0.25) is 0 Å². The Morgan fingerprint density at radius 3 is 2.15 bits per heavy atom. The number of carbonyl (C=O) groups excluding carboxylic acids is 1. The maximum Gasteiger partial charge on any atom is 0.0715 e. The summed E-state index contributed by atoms with van der Waals surface area (Å²) in [5.74, 6) is -1.17. The molecule has 0 heterocycles. The van der Waals surface area contributed by atoms with Crippen molar-refractivity contribution >= 4 is 17.4 Å². The van der Waals surface area contributed by atoms with Crippen LogP contribution in [-0.4, -0.2) is 11.7 Å². The Balaban J connectivity index is 1.68. The largest absolute Gasteiger partial charge is 0.545 e. The van der Waals surface area contributed by atoms with Gasteiger partial charge in [0, 0.05) is 18.6 Å². The van der Waals surface area contributed by atoms with Crippen LogP contribution in [0.1, 0.15) is 21.5 Å². The molecule has 0 aliphatic heterocycles. The van der Waals surface area contributed by atoms with Gasteiger partial charge in [-0.15, -0.1) is 0 Å². The Morgan fingerprint density at radius 2 is 1.60 bits per heavy atom. The molecule has 4 nitrogen and oxygen atoms in total. The predicted octanol–water partition coefficient (Wildman–Crippen LogP) is 1.62. The van der Waals surface area contributed by atoms with Crippen molar-refractivity contribution < 1.29 is 9.90 Å². The summed E-state index contributed by atoms with van der Waals surface area (Å²) < 4.78 is 0. The standard InChI is InChI=1S/C16H14N2O2/c19-16(20)11-5-7-14(8-6-11)17-18-15-9-12-3-1-2-4-13(12)10-15/h1-8,17H,9-10H2,(H,19,20)/p-1. The van der Waals surface area contributed by atoms with Gasteiger partial charge in [0.05, 0.1) is 11.7 Å². The van der Waals surface area contributed by atoms with Crippen molar-refractivity contribution in [1.82, 2.24) is 0 Å². The minimum absolute atomic E-state index is 0.163. The summed E-state index contributed by atoms with van der Waals surface area (Å²) in [5, 5.41) is 15.0. The number of rotatable bonds is 3. The molecule has 0 bridgehead atoms. The summed E-state index contributed by atoms with van der Waals surface area (Å²) in [7, 11) is 0. The van der Waals surface area contributed by atoms with Gasteiger partial charge in [-0.1, -0.05) is 36.4 Å². The van der Waals surface area contributed by atoms with E-state index in [9.17, 15) is 9.90 Å². The molecule has 0 atom stereocenters. The average Bonchev–Trinajstić information content (AvgIpc) is 2.88. The number of hydrazone groups is 1. The minimum atomic E-state index is -1.17. The highest BCUT2D eigenvalue weighted by atomic mass is 16.4. The molecule has 2 aromatic rings. The van der Waals surface area contributed by atoms with Crippen LogP contribution in [0.3, 0.4) is 0 Å². The van der Waals surface area contributed by atoms with Crippen LogP contribution in [0, 0.1) is 0 Å². The van der Waals surface area contributed by atoms with Gasteiger partial charge < -0.3 is 9.90 Å². The predicted molar refractivity (Wildman–Crippen MR) is 75.7 cm³/mol. The third-order valence-electron chi connectivity index (χ3n) is 3.37. The van der Waals surface area contributed by atoms with E-state index in [-0.39, 0.29) is 5.56 Å². The van der Waals surface area contributed by atoms with Gasteiger partial charge in [-0.05, 0) is 28.8 Å². The highest BCUT2D eigenvalue weighted by molar-refractivity contribution is 5.93. The summed E-state index contributed by atoms with van der Waals surface area (Å²) in [6, 6.07) is 14.7. The fourth-order valence-corrected chi connectivity index (χ4v) is 2.31. The van der Waals surface area contributed by atoms with Crippen LogP contribution in [0.15, 0.2) is 53.6 Å². The van der Waals surface area contributed by atoms with E-state index in [4.69, 9.17) is 0 Å². The average molecular weight is 265 g/mol. The fourth-order valence-electron chi connectivity index (χ4n) is 2.31. The number of carboxylic acids is 1. The highest BCUT2D eigenvalue weighted by Gasteiger charge is 2.15. The Labute approximate surface area is 116 Å². The molecule has 1 aliphatic rings. The Hall–Kier alpha value is -2.62. The van der Waals surface area contributed by atoms with Gasteiger partial charge in [0.25, 0.3) is 0 Å². The first-order chi connectivity index (χ1) is 9.72. The number of hydrogen-bond acceptors (Lipinski definition) is 4. The van der Waals surface area contributed by atoms with Crippen molar-refractivity contribution in [3.63, 3.8) is 0 Å². The number of benzene rings is 2. The van der Waals surface area contributed by atoms with Gasteiger partial charge in [-0.2, -0.15) is 5.10 Å². The normalized spacial score (nSPS) is 12.9. The molecular formula is C16H13N2O2-. The first kappa shape index (κ1) is 12.4. The Bertz CT molecular complexity index is 648. The van der Waals surface area contributed by atoms with E-state index >= 15 is 0 Å². The van der Waals surface area contributed by atoms with Gasteiger partial charge in [0.15, 0.2) is 0 Å². The summed E-state index contributed by atoms with van der Waals surface area (Å²) in [6.07, 6.45) is 1.72. The van der Waals surface area contributed by atoms with Crippen molar-refractivity contribution in [3.8, 4) is 0 Å². The van der Waals surface area contributed by atoms with Crippen molar-refractivity contribution in [3.05, 3.63) is 65.2 Å². The molecule has 1 N–H and O–H groups in total. The second-order valence-corrected chi connectivity index (χ2v) is 4.78. The molecule has 4 heteroatoms. The number of carbonyl (C=O) groups is 1. The van der Waals surface area contributed by atoms with E-state index < -0.39 is 5.97 Å². The monoisotopic (exact) mass is 265 g/mol. The van der Waals surface area contributed by atoms with Crippen LogP contribution in [0.5, 0.6) is 0 Å². The molecule has 1 aliphatic carbocycles. The zero-order valence-electron chi connectivity index (χ0n) is 10.8. The van der Waals surface area contributed by atoms with Gasteiger partial charge >= 0.3 is 0 Å². The first-order valence-corrected chi connectivity index (χ1v) is 6.42. The number of carboxylic acid groups (broad SMARTS) is 1. The van der Waals surface area contributed by atoms with E-state index in [0.29, 0.717) is 0 Å². The van der Waals surface area contributed by atoms with Crippen LogP contribution in [-0.2, 0) is 12.8 Å². The van der Waals surface area contributed by atoms with Crippen molar-refractivity contribution in [2.24, 2.45) is 5.10 Å². The number of nitrogens with zero attached hydrogens (tertiary/aromatic N) is 1. The van der Waals surface area contributed by atoms with Crippen molar-refractivity contribution in [2.45, 2.75) is 12.8 Å². The molecule has 0 radical (unpaired) electrons. The maximum atomic E-state index is 10.6. The van der Waals surface area contributed by atoms with Gasteiger partial charge in [0.2, 0.25) is 0 Å². The molecule has 20 heavy (non-hydrogen) atoms. The van der Waals surface area contributed by atoms with E-state index in [1.165, 1.54) is 23.3 Å². The number of fused-ring (bicyclic) bond motifs is 1. The summed E-state index contributed by atoms with van der Waals surface area (Å²) in [5.41, 5.74) is 7.61. The molecule has 3 rings (SSSR count). The Morgan fingerprint density at radius 1 is 1.00 bits per heavy atom. The zero-order chi connectivity index (χ0) is 13.9. The van der Waals surface area contributed by atoms with Crippen LogP contribution >= 0.6 is 0 Å². The molecular weight excluding hydrogens is 252 g/mol. The van der Waals surface area contributed by atoms with Crippen LogP contribution in [0.25, 0.3) is 0 Å².